The van der Waals surface area contributed by atoms with Gasteiger partial charge in [-0.3, -0.25) is 4.79 Å². The predicted molar refractivity (Wildman–Crippen MR) is 56.8 cm³/mol. The van der Waals surface area contributed by atoms with Gasteiger partial charge in [0, 0.05) is 12.6 Å². The fraction of sp³-hybridized carbons (Fsp3) is 0.889. The van der Waals surface area contributed by atoms with E-state index in [4.69, 9.17) is 5.73 Å². The second kappa shape index (κ2) is 5.50. The Bertz CT molecular complexity index is 169. The number of nitrogens with one attached hydrogen (secondary N) is 1. The van der Waals surface area contributed by atoms with Gasteiger partial charge < -0.3 is 11.1 Å². The van der Waals surface area contributed by atoms with Crippen molar-refractivity contribution < 1.29 is 4.79 Å². The first-order valence-corrected chi connectivity index (χ1v) is 5.93. The van der Waals surface area contributed by atoms with E-state index in [1.807, 2.05) is 6.92 Å². The van der Waals surface area contributed by atoms with Crippen LogP contribution in [0.5, 0.6) is 0 Å². The Kier molecular flexibility index (Phi) is 4.59. The minimum Gasteiger partial charge on any atom is -0.354 e. The maximum Gasteiger partial charge on any atom is 0.233 e. The Morgan fingerprint density at radius 2 is 2.54 bits per heavy atom. The van der Waals surface area contributed by atoms with Gasteiger partial charge in [0.2, 0.25) is 5.91 Å². The third-order valence-corrected chi connectivity index (χ3v) is 3.66. The summed E-state index contributed by atoms with van der Waals surface area (Å²) in [7, 11) is 0. The maximum atomic E-state index is 11.5. The molecule has 1 aliphatic heterocycles. The lowest BCUT2D eigenvalue weighted by atomic mass is 10.2. The van der Waals surface area contributed by atoms with Crippen LogP contribution in [0.3, 0.4) is 0 Å². The van der Waals surface area contributed by atoms with Crippen LogP contribution < -0.4 is 11.1 Å². The minimum absolute atomic E-state index is 0.107. The first-order chi connectivity index (χ1) is 6.24. The molecule has 0 spiro atoms. The molecule has 1 heterocycles. The van der Waals surface area contributed by atoms with Crippen LogP contribution in [-0.2, 0) is 4.79 Å². The summed E-state index contributed by atoms with van der Waals surface area (Å²) in [5.41, 5.74) is 5.70. The van der Waals surface area contributed by atoms with Gasteiger partial charge in [0.15, 0.2) is 0 Å². The molecular weight excluding hydrogens is 184 g/mol. The molecule has 0 aromatic carbocycles. The number of nitrogens with two attached hydrogens (primary N) is 1. The monoisotopic (exact) mass is 202 g/mol. The van der Waals surface area contributed by atoms with Crippen molar-refractivity contribution in [3.05, 3.63) is 0 Å². The smallest absolute Gasteiger partial charge is 0.233 e. The normalized spacial score (nSPS) is 24.3. The zero-order chi connectivity index (χ0) is 9.68. The largest absolute Gasteiger partial charge is 0.354 e. The Morgan fingerprint density at radius 1 is 1.77 bits per heavy atom. The number of amides is 1. The molecule has 0 radical (unpaired) electrons. The van der Waals surface area contributed by atoms with Gasteiger partial charge in [-0.1, -0.05) is 6.92 Å². The average Bonchev–Trinajstić information content (AvgIpc) is 2.66. The molecule has 0 aromatic heterocycles. The van der Waals surface area contributed by atoms with E-state index in [-0.39, 0.29) is 17.2 Å². The van der Waals surface area contributed by atoms with Gasteiger partial charge in [-0.25, -0.2) is 0 Å². The van der Waals surface area contributed by atoms with Gasteiger partial charge in [-0.15, -0.1) is 11.8 Å². The lowest BCUT2D eigenvalue weighted by molar-refractivity contribution is -0.120. The van der Waals surface area contributed by atoms with Crippen molar-refractivity contribution in [3.8, 4) is 0 Å². The molecule has 0 saturated carbocycles. The SMILES string of the molecule is CCC(N)CNC(=O)C1CCCS1. The molecule has 0 aliphatic carbocycles. The standard InChI is InChI=1S/C9H18N2OS/c1-2-7(10)6-11-9(12)8-4-3-5-13-8/h7-8H,2-6,10H2,1H3,(H,11,12). The minimum atomic E-state index is 0.107. The van der Waals surface area contributed by atoms with Crippen molar-refractivity contribution >= 4 is 17.7 Å². The lowest BCUT2D eigenvalue weighted by Gasteiger charge is -2.13. The molecule has 1 amide bonds. The summed E-state index contributed by atoms with van der Waals surface area (Å²) in [6.45, 7) is 2.65. The molecule has 0 aromatic rings. The lowest BCUT2D eigenvalue weighted by Crippen LogP contribution is -2.40. The second-order valence-electron chi connectivity index (χ2n) is 3.42. The molecule has 1 rings (SSSR count). The Hall–Kier alpha value is -0.220. The van der Waals surface area contributed by atoms with Crippen LogP contribution in [0.15, 0.2) is 0 Å². The molecular formula is C9H18N2OS. The Balaban J connectivity index is 2.16. The predicted octanol–water partition coefficient (Wildman–Crippen LogP) is 0.735. The third kappa shape index (κ3) is 3.56. The van der Waals surface area contributed by atoms with Crippen LogP contribution in [-0.4, -0.2) is 29.5 Å². The first kappa shape index (κ1) is 10.9. The topological polar surface area (TPSA) is 55.1 Å². The highest BCUT2D eigenvalue weighted by Gasteiger charge is 2.22. The van der Waals surface area contributed by atoms with Crippen LogP contribution in [0.4, 0.5) is 0 Å². The van der Waals surface area contributed by atoms with E-state index < -0.39 is 0 Å². The maximum absolute atomic E-state index is 11.5. The van der Waals surface area contributed by atoms with E-state index in [0.29, 0.717) is 6.54 Å². The highest BCUT2D eigenvalue weighted by Crippen LogP contribution is 2.25. The summed E-state index contributed by atoms with van der Waals surface area (Å²) in [5.74, 6) is 1.30. The van der Waals surface area contributed by atoms with Gasteiger partial charge in [-0.05, 0) is 25.0 Å². The number of rotatable bonds is 4. The van der Waals surface area contributed by atoms with Gasteiger partial charge in [0.1, 0.15) is 0 Å². The number of carbonyl (C=O) groups is 1. The number of carbonyl (C=O) groups excluding carboxylic acids is 1. The fourth-order valence-corrected chi connectivity index (χ4v) is 2.46. The summed E-state index contributed by atoms with van der Waals surface area (Å²) in [6.07, 6.45) is 3.11. The molecule has 13 heavy (non-hydrogen) atoms. The molecule has 2 atom stereocenters. The van der Waals surface area contributed by atoms with Crippen molar-refractivity contribution in [2.45, 2.75) is 37.5 Å². The summed E-state index contributed by atoms with van der Waals surface area (Å²) in [6, 6.07) is 0.107. The van der Waals surface area contributed by atoms with E-state index >= 15 is 0 Å². The van der Waals surface area contributed by atoms with Crippen molar-refractivity contribution in [3.63, 3.8) is 0 Å². The van der Waals surface area contributed by atoms with Crippen LogP contribution in [0.25, 0.3) is 0 Å². The van der Waals surface area contributed by atoms with Crippen molar-refractivity contribution in [1.82, 2.24) is 5.32 Å². The highest BCUT2D eigenvalue weighted by molar-refractivity contribution is 8.00. The molecule has 1 saturated heterocycles. The molecule has 4 heteroatoms. The molecule has 0 bridgehead atoms. The van der Waals surface area contributed by atoms with Crippen LogP contribution >= 0.6 is 11.8 Å². The zero-order valence-electron chi connectivity index (χ0n) is 8.08. The van der Waals surface area contributed by atoms with Crippen molar-refractivity contribution in [2.24, 2.45) is 5.73 Å². The van der Waals surface area contributed by atoms with Crippen LogP contribution in [0.2, 0.25) is 0 Å². The van der Waals surface area contributed by atoms with E-state index in [0.717, 1.165) is 18.6 Å². The average molecular weight is 202 g/mol. The fourth-order valence-electron chi connectivity index (χ4n) is 1.27. The van der Waals surface area contributed by atoms with Gasteiger partial charge in [0.05, 0.1) is 5.25 Å². The Labute approximate surface area is 83.8 Å². The number of hydrogen-bond acceptors (Lipinski definition) is 3. The molecule has 2 unspecified atom stereocenters. The molecule has 3 nitrogen and oxygen atoms in total. The summed E-state index contributed by atoms with van der Waals surface area (Å²) in [4.78, 5) is 11.5. The molecule has 76 valence electrons. The first-order valence-electron chi connectivity index (χ1n) is 4.89. The van der Waals surface area contributed by atoms with Crippen molar-refractivity contribution in [1.29, 1.82) is 0 Å². The molecule has 1 fully saturated rings. The zero-order valence-corrected chi connectivity index (χ0v) is 8.90. The second-order valence-corrected chi connectivity index (χ2v) is 4.73. The highest BCUT2D eigenvalue weighted by atomic mass is 32.2. The van der Waals surface area contributed by atoms with Gasteiger partial charge >= 0.3 is 0 Å². The Morgan fingerprint density at radius 3 is 3.08 bits per heavy atom. The van der Waals surface area contributed by atoms with E-state index in [9.17, 15) is 4.79 Å². The molecule has 1 aliphatic rings. The quantitative estimate of drug-likeness (QED) is 0.707. The van der Waals surface area contributed by atoms with Crippen LogP contribution in [0.1, 0.15) is 26.2 Å². The van der Waals surface area contributed by atoms with E-state index in [1.165, 1.54) is 6.42 Å². The van der Waals surface area contributed by atoms with Crippen LogP contribution in [0, 0.1) is 0 Å². The summed E-state index contributed by atoms with van der Waals surface area (Å²) in [5, 5.41) is 3.07. The van der Waals surface area contributed by atoms with Crippen molar-refractivity contribution in [2.75, 3.05) is 12.3 Å². The van der Waals surface area contributed by atoms with E-state index in [2.05, 4.69) is 5.32 Å². The summed E-state index contributed by atoms with van der Waals surface area (Å²) >= 11 is 1.76. The number of thioether (sulfide) groups is 1. The summed E-state index contributed by atoms with van der Waals surface area (Å²) < 4.78 is 0. The van der Waals surface area contributed by atoms with Gasteiger partial charge in [0.25, 0.3) is 0 Å². The number of hydrogen-bond donors (Lipinski definition) is 2. The third-order valence-electron chi connectivity index (χ3n) is 2.28. The van der Waals surface area contributed by atoms with E-state index in [1.54, 1.807) is 11.8 Å². The van der Waals surface area contributed by atoms with Gasteiger partial charge in [-0.2, -0.15) is 0 Å². The molecule has 3 N–H and O–H groups in total.